The van der Waals surface area contributed by atoms with Gasteiger partial charge in [0.2, 0.25) is 0 Å². The smallest absolute Gasteiger partial charge is 0.356 e. The molecule has 0 aliphatic carbocycles. The summed E-state index contributed by atoms with van der Waals surface area (Å²) in [6, 6.07) is 0. The molecule has 1 aliphatic heterocycles. The van der Waals surface area contributed by atoms with E-state index >= 15 is 0 Å². The van der Waals surface area contributed by atoms with Crippen molar-refractivity contribution in [2.75, 3.05) is 5.32 Å². The van der Waals surface area contributed by atoms with E-state index in [0.29, 0.717) is 23.8 Å². The molecule has 0 fully saturated rings. The number of aromatic nitrogens is 4. The van der Waals surface area contributed by atoms with Gasteiger partial charge in [0.05, 0.1) is 17.9 Å². The number of aromatic carboxylic acids is 1. The van der Waals surface area contributed by atoms with Crippen molar-refractivity contribution >= 4 is 11.7 Å². The van der Waals surface area contributed by atoms with Crippen LogP contribution >= 0.6 is 0 Å². The van der Waals surface area contributed by atoms with Crippen LogP contribution in [0.4, 0.5) is 5.69 Å². The van der Waals surface area contributed by atoms with E-state index in [2.05, 4.69) is 25.5 Å². The zero-order valence-corrected chi connectivity index (χ0v) is 8.98. The van der Waals surface area contributed by atoms with Crippen LogP contribution in [0, 0.1) is 6.92 Å². The summed E-state index contributed by atoms with van der Waals surface area (Å²) in [5.41, 5.74) is 2.72. The molecule has 2 aromatic rings. The number of nitrogens with zero attached hydrogens (tertiary/aromatic N) is 3. The van der Waals surface area contributed by atoms with Gasteiger partial charge in [-0.3, -0.25) is 5.10 Å². The Labute approximate surface area is 95.9 Å². The molecular weight excluding hydrogens is 222 g/mol. The fraction of sp³-hybridized carbons (Fsp3) is 0.200. The van der Waals surface area contributed by atoms with Crippen LogP contribution in [-0.4, -0.2) is 31.2 Å². The fourth-order valence-electron chi connectivity index (χ4n) is 1.89. The Morgan fingerprint density at radius 3 is 3.12 bits per heavy atom. The van der Waals surface area contributed by atoms with Crippen LogP contribution in [0.3, 0.4) is 0 Å². The third-order valence-corrected chi connectivity index (χ3v) is 2.66. The number of carboxylic acid groups (broad SMARTS) is 1. The van der Waals surface area contributed by atoms with Gasteiger partial charge in [0, 0.05) is 11.8 Å². The van der Waals surface area contributed by atoms with Gasteiger partial charge in [0.1, 0.15) is 11.5 Å². The second-order valence-electron chi connectivity index (χ2n) is 3.76. The quantitative estimate of drug-likeness (QED) is 0.670. The van der Waals surface area contributed by atoms with E-state index in [9.17, 15) is 4.79 Å². The van der Waals surface area contributed by atoms with Crippen molar-refractivity contribution in [1.82, 2.24) is 20.2 Å². The highest BCUT2D eigenvalue weighted by Gasteiger charge is 2.25. The molecule has 1 aliphatic rings. The van der Waals surface area contributed by atoms with Crippen LogP contribution in [0.5, 0.6) is 0 Å². The van der Waals surface area contributed by atoms with Crippen LogP contribution < -0.4 is 5.32 Å². The highest BCUT2D eigenvalue weighted by atomic mass is 16.4. The molecule has 0 saturated carbocycles. The SMILES string of the molecule is Cc1ncc2c(n1)CNc1c-2n[nH]c1C(=O)O. The van der Waals surface area contributed by atoms with Crippen molar-refractivity contribution in [3.8, 4) is 11.3 Å². The van der Waals surface area contributed by atoms with Crippen molar-refractivity contribution < 1.29 is 9.90 Å². The van der Waals surface area contributed by atoms with E-state index in [1.54, 1.807) is 6.20 Å². The minimum atomic E-state index is -1.04. The molecule has 0 unspecified atom stereocenters. The van der Waals surface area contributed by atoms with Gasteiger partial charge in [0.25, 0.3) is 0 Å². The van der Waals surface area contributed by atoms with Crippen LogP contribution in [0.1, 0.15) is 22.0 Å². The number of rotatable bonds is 1. The molecule has 3 heterocycles. The molecule has 2 aromatic heterocycles. The Bertz CT molecular complexity index is 619. The van der Waals surface area contributed by atoms with Gasteiger partial charge in [-0.2, -0.15) is 5.10 Å². The number of anilines is 1. The lowest BCUT2D eigenvalue weighted by Crippen LogP contribution is -2.13. The van der Waals surface area contributed by atoms with Crippen molar-refractivity contribution in [1.29, 1.82) is 0 Å². The lowest BCUT2D eigenvalue weighted by molar-refractivity contribution is 0.0691. The molecule has 0 aromatic carbocycles. The summed E-state index contributed by atoms with van der Waals surface area (Å²) in [6.07, 6.45) is 1.67. The Balaban J connectivity index is 2.21. The molecule has 17 heavy (non-hydrogen) atoms. The molecule has 86 valence electrons. The summed E-state index contributed by atoms with van der Waals surface area (Å²) in [6.45, 7) is 2.29. The highest BCUT2D eigenvalue weighted by Crippen LogP contribution is 2.34. The molecule has 0 spiro atoms. The topological polar surface area (TPSA) is 104 Å². The lowest BCUT2D eigenvalue weighted by atomic mass is 10.1. The number of hydrogen-bond acceptors (Lipinski definition) is 5. The standard InChI is InChI=1S/C10H9N5O2/c1-4-11-2-5-6(13-4)3-12-8-7(5)14-15-9(8)10(16)17/h2,12H,3H2,1H3,(H,14,15)(H,16,17). The maximum absolute atomic E-state index is 11.0. The summed E-state index contributed by atoms with van der Waals surface area (Å²) >= 11 is 0. The Morgan fingerprint density at radius 1 is 1.53 bits per heavy atom. The number of aryl methyl sites for hydroxylation is 1. The molecule has 7 nitrogen and oxygen atoms in total. The van der Waals surface area contributed by atoms with Gasteiger partial charge in [-0.05, 0) is 6.92 Å². The molecule has 3 N–H and O–H groups in total. The van der Waals surface area contributed by atoms with E-state index in [1.807, 2.05) is 6.92 Å². The number of nitrogens with one attached hydrogen (secondary N) is 2. The summed E-state index contributed by atoms with van der Waals surface area (Å²) in [5.74, 6) is -0.356. The molecule has 7 heteroatoms. The second-order valence-corrected chi connectivity index (χ2v) is 3.76. The largest absolute Gasteiger partial charge is 0.476 e. The van der Waals surface area contributed by atoms with Crippen LogP contribution in [0.2, 0.25) is 0 Å². The Kier molecular flexibility index (Phi) is 1.88. The van der Waals surface area contributed by atoms with E-state index in [4.69, 9.17) is 5.11 Å². The van der Waals surface area contributed by atoms with Gasteiger partial charge in [-0.25, -0.2) is 14.8 Å². The van der Waals surface area contributed by atoms with E-state index in [0.717, 1.165) is 11.3 Å². The highest BCUT2D eigenvalue weighted by molar-refractivity contribution is 5.97. The normalized spacial score (nSPS) is 12.5. The number of carbonyl (C=O) groups is 1. The first-order valence-electron chi connectivity index (χ1n) is 5.05. The molecule has 0 amide bonds. The number of carboxylic acids is 1. The number of fused-ring (bicyclic) bond motifs is 3. The zero-order valence-electron chi connectivity index (χ0n) is 8.98. The first-order valence-corrected chi connectivity index (χ1v) is 5.05. The van der Waals surface area contributed by atoms with Crippen molar-refractivity contribution in [3.05, 3.63) is 23.4 Å². The van der Waals surface area contributed by atoms with E-state index in [1.165, 1.54) is 0 Å². The van der Waals surface area contributed by atoms with Gasteiger partial charge in [-0.15, -0.1) is 0 Å². The monoisotopic (exact) mass is 231 g/mol. The third kappa shape index (κ3) is 1.36. The third-order valence-electron chi connectivity index (χ3n) is 2.66. The van der Waals surface area contributed by atoms with Crippen LogP contribution in [-0.2, 0) is 6.54 Å². The number of aromatic amines is 1. The van der Waals surface area contributed by atoms with Crippen LogP contribution in [0.15, 0.2) is 6.20 Å². The Morgan fingerprint density at radius 2 is 2.35 bits per heavy atom. The van der Waals surface area contributed by atoms with Crippen LogP contribution in [0.25, 0.3) is 11.3 Å². The zero-order chi connectivity index (χ0) is 12.0. The molecule has 0 atom stereocenters. The predicted molar refractivity (Wildman–Crippen MR) is 58.6 cm³/mol. The summed E-state index contributed by atoms with van der Waals surface area (Å²) in [5, 5.41) is 18.5. The van der Waals surface area contributed by atoms with Gasteiger partial charge >= 0.3 is 5.97 Å². The molecule has 0 radical (unpaired) electrons. The van der Waals surface area contributed by atoms with Crippen molar-refractivity contribution in [2.24, 2.45) is 0 Å². The molecule has 0 saturated heterocycles. The van der Waals surface area contributed by atoms with E-state index in [-0.39, 0.29) is 5.69 Å². The number of hydrogen-bond donors (Lipinski definition) is 3. The number of H-pyrrole nitrogens is 1. The first kappa shape index (κ1) is 9.76. The minimum Gasteiger partial charge on any atom is -0.476 e. The predicted octanol–water partition coefficient (Wildman–Crippen LogP) is 0.799. The van der Waals surface area contributed by atoms with E-state index < -0.39 is 5.97 Å². The van der Waals surface area contributed by atoms with Gasteiger partial charge in [0.15, 0.2) is 5.69 Å². The first-order chi connectivity index (χ1) is 8.16. The average molecular weight is 231 g/mol. The average Bonchev–Trinajstić information content (AvgIpc) is 2.72. The molecule has 0 bridgehead atoms. The Hall–Kier alpha value is -2.44. The van der Waals surface area contributed by atoms with Gasteiger partial charge < -0.3 is 10.4 Å². The maximum Gasteiger partial charge on any atom is 0.356 e. The second kappa shape index (κ2) is 3.27. The summed E-state index contributed by atoms with van der Waals surface area (Å²) in [4.78, 5) is 19.4. The fourth-order valence-corrected chi connectivity index (χ4v) is 1.89. The molecular formula is C10H9N5O2. The van der Waals surface area contributed by atoms with Crippen molar-refractivity contribution in [2.45, 2.75) is 13.5 Å². The van der Waals surface area contributed by atoms with Crippen molar-refractivity contribution in [3.63, 3.8) is 0 Å². The lowest BCUT2D eigenvalue weighted by Gasteiger charge is -2.16. The summed E-state index contributed by atoms with van der Waals surface area (Å²) in [7, 11) is 0. The molecule has 3 rings (SSSR count). The summed E-state index contributed by atoms with van der Waals surface area (Å²) < 4.78 is 0. The minimum absolute atomic E-state index is 0.0613. The van der Waals surface area contributed by atoms with Gasteiger partial charge in [-0.1, -0.05) is 0 Å². The maximum atomic E-state index is 11.0.